The number of rotatable bonds is 4. The Labute approximate surface area is 157 Å². The predicted octanol–water partition coefficient (Wildman–Crippen LogP) is 2.88. The topological polar surface area (TPSA) is 68.2 Å². The van der Waals surface area contributed by atoms with Crippen molar-refractivity contribution in [1.29, 1.82) is 0 Å². The van der Waals surface area contributed by atoms with Gasteiger partial charge in [0.2, 0.25) is 0 Å². The molecule has 0 aliphatic carbocycles. The third kappa shape index (κ3) is 3.85. The molecule has 0 radical (unpaired) electrons. The van der Waals surface area contributed by atoms with Crippen molar-refractivity contribution in [2.75, 3.05) is 13.7 Å². The van der Waals surface area contributed by atoms with Gasteiger partial charge in [-0.15, -0.1) is 0 Å². The molecule has 3 heterocycles. The summed E-state index contributed by atoms with van der Waals surface area (Å²) in [6.45, 7) is 2.44. The van der Waals surface area contributed by atoms with Crippen molar-refractivity contribution in [3.63, 3.8) is 0 Å². The Morgan fingerprint density at radius 1 is 1.19 bits per heavy atom. The average molecular weight is 360 g/mol. The van der Waals surface area contributed by atoms with Crippen LogP contribution in [0.2, 0.25) is 0 Å². The molecule has 1 aromatic carbocycles. The Bertz CT molecular complexity index is 959. The Balaban J connectivity index is 1.52. The standard InChI is InChI=1S/C21H20N4O2/c1-27-21(26)16-6-4-5-15(11-16)13-25-10-8-17-12-23-20(24-19(17)14-25)18-7-2-3-9-22-18/h2-7,9,11-12H,8,10,13-14H2,1H3. The first-order valence-corrected chi connectivity index (χ1v) is 8.89. The first kappa shape index (κ1) is 17.3. The van der Waals surface area contributed by atoms with Crippen LogP contribution in [-0.2, 0) is 24.2 Å². The summed E-state index contributed by atoms with van der Waals surface area (Å²) in [7, 11) is 1.40. The number of fused-ring (bicyclic) bond motifs is 1. The van der Waals surface area contributed by atoms with Crippen LogP contribution < -0.4 is 0 Å². The molecular weight excluding hydrogens is 340 g/mol. The van der Waals surface area contributed by atoms with Gasteiger partial charge in [-0.3, -0.25) is 9.88 Å². The number of carbonyl (C=O) groups is 1. The van der Waals surface area contributed by atoms with Crippen molar-refractivity contribution in [3.8, 4) is 11.5 Å². The molecule has 0 atom stereocenters. The number of methoxy groups -OCH3 is 1. The molecule has 3 aromatic rings. The van der Waals surface area contributed by atoms with Gasteiger partial charge in [-0.05, 0) is 41.8 Å². The number of benzene rings is 1. The Kier molecular flexibility index (Phi) is 4.89. The number of pyridine rings is 1. The molecule has 0 unspecified atom stereocenters. The summed E-state index contributed by atoms with van der Waals surface area (Å²) >= 11 is 0. The molecule has 136 valence electrons. The number of esters is 1. The summed E-state index contributed by atoms with van der Waals surface area (Å²) < 4.78 is 4.81. The number of ether oxygens (including phenoxy) is 1. The molecule has 0 saturated carbocycles. The highest BCUT2D eigenvalue weighted by Crippen LogP contribution is 2.21. The van der Waals surface area contributed by atoms with E-state index in [4.69, 9.17) is 9.72 Å². The van der Waals surface area contributed by atoms with Gasteiger partial charge < -0.3 is 4.74 Å². The van der Waals surface area contributed by atoms with E-state index < -0.39 is 0 Å². The molecule has 0 fully saturated rings. The molecule has 1 aliphatic heterocycles. The van der Waals surface area contributed by atoms with Crippen molar-refractivity contribution in [1.82, 2.24) is 19.9 Å². The maximum Gasteiger partial charge on any atom is 0.337 e. The van der Waals surface area contributed by atoms with Crippen molar-refractivity contribution >= 4 is 5.97 Å². The van der Waals surface area contributed by atoms with Crippen LogP contribution in [-0.4, -0.2) is 39.5 Å². The highest BCUT2D eigenvalue weighted by molar-refractivity contribution is 5.89. The van der Waals surface area contributed by atoms with E-state index in [-0.39, 0.29) is 5.97 Å². The molecule has 6 heteroatoms. The van der Waals surface area contributed by atoms with E-state index >= 15 is 0 Å². The Morgan fingerprint density at radius 3 is 2.93 bits per heavy atom. The molecule has 2 aromatic heterocycles. The quantitative estimate of drug-likeness (QED) is 0.667. The van der Waals surface area contributed by atoms with Crippen LogP contribution >= 0.6 is 0 Å². The molecule has 4 rings (SSSR count). The molecule has 0 bridgehead atoms. The fourth-order valence-corrected chi connectivity index (χ4v) is 3.28. The van der Waals surface area contributed by atoms with E-state index in [1.54, 1.807) is 12.3 Å². The van der Waals surface area contributed by atoms with Crippen molar-refractivity contribution < 1.29 is 9.53 Å². The van der Waals surface area contributed by atoms with Gasteiger partial charge in [0.1, 0.15) is 5.69 Å². The van der Waals surface area contributed by atoms with Crippen LogP contribution in [0.1, 0.15) is 27.2 Å². The fourth-order valence-electron chi connectivity index (χ4n) is 3.28. The fraction of sp³-hybridized carbons (Fsp3) is 0.238. The van der Waals surface area contributed by atoms with E-state index in [9.17, 15) is 4.79 Å². The molecule has 6 nitrogen and oxygen atoms in total. The Hall–Kier alpha value is -3.12. The minimum atomic E-state index is -0.311. The molecular formula is C21H20N4O2. The van der Waals surface area contributed by atoms with Crippen LogP contribution in [0, 0.1) is 0 Å². The van der Waals surface area contributed by atoms with Crippen molar-refractivity contribution in [3.05, 3.63) is 77.2 Å². The van der Waals surface area contributed by atoms with E-state index in [2.05, 4.69) is 14.9 Å². The van der Waals surface area contributed by atoms with Crippen LogP contribution in [0.3, 0.4) is 0 Å². The number of nitrogens with zero attached hydrogens (tertiary/aromatic N) is 4. The van der Waals surface area contributed by atoms with Gasteiger partial charge in [-0.1, -0.05) is 18.2 Å². The van der Waals surface area contributed by atoms with Crippen LogP contribution in [0.15, 0.2) is 54.9 Å². The molecule has 0 spiro atoms. The molecule has 27 heavy (non-hydrogen) atoms. The first-order valence-electron chi connectivity index (χ1n) is 8.89. The lowest BCUT2D eigenvalue weighted by Crippen LogP contribution is -2.31. The van der Waals surface area contributed by atoms with Gasteiger partial charge in [0, 0.05) is 32.0 Å². The van der Waals surface area contributed by atoms with Gasteiger partial charge >= 0.3 is 5.97 Å². The number of carbonyl (C=O) groups excluding carboxylic acids is 1. The SMILES string of the molecule is COC(=O)c1cccc(CN2CCc3cnc(-c4ccccn4)nc3C2)c1. The van der Waals surface area contributed by atoms with Gasteiger partial charge in [0.05, 0.1) is 18.4 Å². The van der Waals surface area contributed by atoms with Gasteiger partial charge in [-0.25, -0.2) is 14.8 Å². The zero-order chi connectivity index (χ0) is 18.6. The second kappa shape index (κ2) is 7.63. The zero-order valence-electron chi connectivity index (χ0n) is 15.1. The summed E-state index contributed by atoms with van der Waals surface area (Å²) in [5, 5.41) is 0. The average Bonchev–Trinajstić information content (AvgIpc) is 2.73. The largest absolute Gasteiger partial charge is 0.465 e. The van der Waals surface area contributed by atoms with E-state index in [0.29, 0.717) is 11.4 Å². The molecule has 1 aliphatic rings. The molecule has 0 saturated heterocycles. The maximum absolute atomic E-state index is 11.7. The maximum atomic E-state index is 11.7. The Morgan fingerprint density at radius 2 is 2.11 bits per heavy atom. The van der Waals surface area contributed by atoms with E-state index in [0.717, 1.165) is 43.0 Å². The lowest BCUT2D eigenvalue weighted by Gasteiger charge is -2.28. The normalized spacial score (nSPS) is 13.8. The second-order valence-corrected chi connectivity index (χ2v) is 6.53. The number of hydrogen-bond donors (Lipinski definition) is 0. The third-order valence-corrected chi connectivity index (χ3v) is 4.67. The van der Waals surface area contributed by atoms with Crippen LogP contribution in [0.4, 0.5) is 0 Å². The van der Waals surface area contributed by atoms with E-state index in [1.165, 1.54) is 12.7 Å². The van der Waals surface area contributed by atoms with Crippen molar-refractivity contribution in [2.24, 2.45) is 0 Å². The summed E-state index contributed by atoms with van der Waals surface area (Å²) in [4.78, 5) is 27.6. The van der Waals surface area contributed by atoms with Crippen molar-refractivity contribution in [2.45, 2.75) is 19.5 Å². The smallest absolute Gasteiger partial charge is 0.337 e. The summed E-state index contributed by atoms with van der Waals surface area (Å²) in [6, 6.07) is 13.3. The summed E-state index contributed by atoms with van der Waals surface area (Å²) in [6.07, 6.45) is 4.58. The zero-order valence-corrected chi connectivity index (χ0v) is 15.1. The summed E-state index contributed by atoms with van der Waals surface area (Å²) in [5.74, 6) is 0.345. The summed E-state index contributed by atoms with van der Waals surface area (Å²) in [5.41, 5.74) is 4.67. The third-order valence-electron chi connectivity index (χ3n) is 4.67. The first-order chi connectivity index (χ1) is 13.2. The highest BCUT2D eigenvalue weighted by Gasteiger charge is 2.19. The molecule has 0 N–H and O–H groups in total. The second-order valence-electron chi connectivity index (χ2n) is 6.53. The van der Waals surface area contributed by atoms with Crippen LogP contribution in [0.5, 0.6) is 0 Å². The highest BCUT2D eigenvalue weighted by atomic mass is 16.5. The minimum absolute atomic E-state index is 0.311. The monoisotopic (exact) mass is 360 g/mol. The minimum Gasteiger partial charge on any atom is -0.465 e. The van der Waals surface area contributed by atoms with Gasteiger partial charge in [0.15, 0.2) is 5.82 Å². The van der Waals surface area contributed by atoms with Crippen LogP contribution in [0.25, 0.3) is 11.5 Å². The van der Waals surface area contributed by atoms with E-state index in [1.807, 2.05) is 42.6 Å². The number of hydrogen-bond acceptors (Lipinski definition) is 6. The lowest BCUT2D eigenvalue weighted by molar-refractivity contribution is 0.0600. The lowest BCUT2D eigenvalue weighted by atomic mass is 10.0. The number of aromatic nitrogens is 3. The predicted molar refractivity (Wildman–Crippen MR) is 101 cm³/mol. The van der Waals surface area contributed by atoms with Gasteiger partial charge in [0.25, 0.3) is 0 Å². The molecule has 0 amide bonds. The van der Waals surface area contributed by atoms with Gasteiger partial charge in [-0.2, -0.15) is 0 Å².